The van der Waals surface area contributed by atoms with Crippen LogP contribution in [-0.2, 0) is 25.9 Å². The van der Waals surface area contributed by atoms with E-state index < -0.39 is 15.9 Å². The highest BCUT2D eigenvalue weighted by Gasteiger charge is 2.36. The lowest BCUT2D eigenvalue weighted by atomic mass is 10.1. The van der Waals surface area contributed by atoms with Gasteiger partial charge in [-0.3, -0.25) is 9.59 Å². The molecule has 0 aromatic heterocycles. The van der Waals surface area contributed by atoms with Crippen LogP contribution in [0.15, 0.2) is 24.3 Å². The number of hydrogen-bond donors (Lipinski definition) is 1. The Kier molecular flexibility index (Phi) is 7.16. The van der Waals surface area contributed by atoms with Gasteiger partial charge in [0.25, 0.3) is 5.91 Å². The highest BCUT2D eigenvalue weighted by molar-refractivity contribution is 7.90. The molecule has 1 aliphatic heterocycles. The van der Waals surface area contributed by atoms with E-state index in [4.69, 9.17) is 4.74 Å². The number of carbonyl (C=O) groups excluding carboxylic acids is 2. The summed E-state index contributed by atoms with van der Waals surface area (Å²) >= 11 is 0. The van der Waals surface area contributed by atoms with Crippen molar-refractivity contribution in [1.29, 1.82) is 0 Å². The molecule has 2 rings (SSSR count). The van der Waals surface area contributed by atoms with Crippen molar-refractivity contribution in [3.8, 4) is 0 Å². The molecule has 8 heteroatoms. The molecule has 0 fully saturated rings. The molecular weight excluding hydrogens is 356 g/mol. The molecule has 26 heavy (non-hydrogen) atoms. The normalized spacial score (nSPS) is 15.0. The van der Waals surface area contributed by atoms with Crippen LogP contribution in [0.3, 0.4) is 0 Å². The first-order valence-corrected chi connectivity index (χ1v) is 10.8. The molecule has 1 atom stereocenters. The van der Waals surface area contributed by atoms with Crippen molar-refractivity contribution in [2.24, 2.45) is 0 Å². The van der Waals surface area contributed by atoms with E-state index in [9.17, 15) is 18.0 Å². The maximum Gasteiger partial charge on any atom is 0.255 e. The minimum Gasteiger partial charge on any atom is -0.382 e. The summed E-state index contributed by atoms with van der Waals surface area (Å²) < 4.78 is 28.3. The summed E-state index contributed by atoms with van der Waals surface area (Å²) in [4.78, 5) is 26.8. The molecular formula is C18H26N2O5S. The molecule has 0 saturated heterocycles. The van der Waals surface area contributed by atoms with Crippen LogP contribution >= 0.6 is 0 Å². The molecule has 0 aliphatic carbocycles. The number of rotatable bonds is 10. The highest BCUT2D eigenvalue weighted by atomic mass is 32.2. The number of sulfone groups is 1. The molecule has 7 nitrogen and oxygen atoms in total. The van der Waals surface area contributed by atoms with Gasteiger partial charge in [0.15, 0.2) is 0 Å². The van der Waals surface area contributed by atoms with E-state index in [0.29, 0.717) is 38.3 Å². The van der Waals surface area contributed by atoms with E-state index in [1.165, 1.54) is 4.90 Å². The molecule has 1 N–H and O–H groups in total. The molecule has 0 radical (unpaired) electrons. The van der Waals surface area contributed by atoms with Gasteiger partial charge in [-0.1, -0.05) is 18.2 Å². The van der Waals surface area contributed by atoms with Gasteiger partial charge in [-0.15, -0.1) is 0 Å². The van der Waals surface area contributed by atoms with Gasteiger partial charge < -0.3 is 15.0 Å². The summed E-state index contributed by atoms with van der Waals surface area (Å²) in [7, 11) is -3.24. The van der Waals surface area contributed by atoms with Crippen LogP contribution in [0.25, 0.3) is 0 Å². The lowest BCUT2D eigenvalue weighted by Crippen LogP contribution is -2.48. The first-order chi connectivity index (χ1) is 12.3. The van der Waals surface area contributed by atoms with Gasteiger partial charge in [-0.05, 0) is 31.4 Å². The van der Waals surface area contributed by atoms with E-state index >= 15 is 0 Å². The van der Waals surface area contributed by atoms with Gasteiger partial charge in [-0.2, -0.15) is 0 Å². The van der Waals surface area contributed by atoms with E-state index in [-0.39, 0.29) is 24.0 Å². The first kappa shape index (κ1) is 20.4. The Hall–Kier alpha value is -1.93. The zero-order chi connectivity index (χ0) is 19.2. The van der Waals surface area contributed by atoms with E-state index in [1.54, 1.807) is 12.1 Å². The van der Waals surface area contributed by atoms with Gasteiger partial charge in [0.05, 0.1) is 5.75 Å². The van der Waals surface area contributed by atoms with Crippen LogP contribution in [0.4, 0.5) is 0 Å². The zero-order valence-corrected chi connectivity index (χ0v) is 16.0. The van der Waals surface area contributed by atoms with Crippen LogP contribution in [0.5, 0.6) is 0 Å². The summed E-state index contributed by atoms with van der Waals surface area (Å²) in [6, 6.07) is 6.39. The predicted molar refractivity (Wildman–Crippen MR) is 98.6 cm³/mol. The van der Waals surface area contributed by atoms with E-state index in [2.05, 4.69) is 5.32 Å². The fraction of sp³-hybridized carbons (Fsp3) is 0.556. The molecule has 1 aromatic carbocycles. The molecule has 1 heterocycles. The second-order valence-corrected chi connectivity index (χ2v) is 8.63. The van der Waals surface area contributed by atoms with Gasteiger partial charge in [-0.25, -0.2) is 8.42 Å². The average Bonchev–Trinajstić information content (AvgIpc) is 2.91. The zero-order valence-electron chi connectivity index (χ0n) is 15.2. The van der Waals surface area contributed by atoms with Crippen molar-refractivity contribution in [2.75, 3.05) is 31.8 Å². The number of fused-ring (bicyclic) bond motifs is 1. The quantitative estimate of drug-likeness (QED) is 0.609. The Morgan fingerprint density at radius 1 is 1.35 bits per heavy atom. The molecule has 0 saturated carbocycles. The number of hydrogen-bond acceptors (Lipinski definition) is 5. The van der Waals surface area contributed by atoms with E-state index in [0.717, 1.165) is 11.8 Å². The number of nitrogens with zero attached hydrogens (tertiary/aromatic N) is 1. The fourth-order valence-corrected chi connectivity index (χ4v) is 3.58. The molecule has 2 amide bonds. The fourth-order valence-electron chi connectivity index (χ4n) is 2.93. The van der Waals surface area contributed by atoms with Crippen LogP contribution in [0.1, 0.15) is 35.7 Å². The Bertz CT molecular complexity index is 748. The highest BCUT2D eigenvalue weighted by Crippen LogP contribution is 2.25. The van der Waals surface area contributed by atoms with Crippen molar-refractivity contribution < 1.29 is 22.7 Å². The third kappa shape index (κ3) is 5.54. The number of benzene rings is 1. The number of carbonyl (C=O) groups is 2. The van der Waals surface area contributed by atoms with Crippen molar-refractivity contribution in [2.45, 2.75) is 32.4 Å². The smallest absolute Gasteiger partial charge is 0.255 e. The molecule has 1 aliphatic rings. The van der Waals surface area contributed by atoms with Crippen molar-refractivity contribution in [1.82, 2.24) is 10.2 Å². The van der Waals surface area contributed by atoms with Crippen LogP contribution in [-0.4, -0.2) is 62.9 Å². The van der Waals surface area contributed by atoms with Gasteiger partial charge in [0.1, 0.15) is 15.9 Å². The van der Waals surface area contributed by atoms with Crippen LogP contribution < -0.4 is 5.32 Å². The Labute approximate surface area is 154 Å². The van der Waals surface area contributed by atoms with Crippen LogP contribution in [0, 0.1) is 0 Å². The predicted octanol–water partition coefficient (Wildman–Crippen LogP) is 0.989. The summed E-state index contributed by atoms with van der Waals surface area (Å²) in [5, 5.41) is 2.79. The summed E-state index contributed by atoms with van der Waals surface area (Å²) in [6.07, 6.45) is 1.87. The second kappa shape index (κ2) is 9.14. The van der Waals surface area contributed by atoms with Crippen molar-refractivity contribution in [3.63, 3.8) is 0 Å². The van der Waals surface area contributed by atoms with Gasteiger partial charge in [0, 0.05) is 38.1 Å². The molecule has 1 unspecified atom stereocenters. The Morgan fingerprint density at radius 2 is 2.08 bits per heavy atom. The topological polar surface area (TPSA) is 92.8 Å². The Morgan fingerprint density at radius 3 is 2.73 bits per heavy atom. The first-order valence-electron chi connectivity index (χ1n) is 8.75. The third-order valence-electron chi connectivity index (χ3n) is 4.26. The van der Waals surface area contributed by atoms with Gasteiger partial charge in [0.2, 0.25) is 5.91 Å². The molecule has 144 valence electrons. The van der Waals surface area contributed by atoms with E-state index in [1.807, 2.05) is 19.1 Å². The SMILES string of the molecule is CCOCCCNC(=O)C(CCS(C)(=O)=O)N1Cc2ccccc2C1=O. The number of amides is 2. The lowest BCUT2D eigenvalue weighted by molar-refractivity contribution is -0.125. The molecule has 0 spiro atoms. The van der Waals surface area contributed by atoms with Gasteiger partial charge >= 0.3 is 0 Å². The maximum atomic E-state index is 12.7. The summed E-state index contributed by atoms with van der Waals surface area (Å²) in [5.74, 6) is -0.709. The average molecular weight is 382 g/mol. The largest absolute Gasteiger partial charge is 0.382 e. The second-order valence-electron chi connectivity index (χ2n) is 6.37. The molecule has 0 bridgehead atoms. The minimum absolute atomic E-state index is 0.0792. The lowest BCUT2D eigenvalue weighted by Gasteiger charge is -2.26. The third-order valence-corrected chi connectivity index (χ3v) is 5.24. The summed E-state index contributed by atoms with van der Waals surface area (Å²) in [5.41, 5.74) is 1.42. The Balaban J connectivity index is 2.06. The standard InChI is InChI=1S/C18H26N2O5S/c1-3-25-11-6-10-19-17(21)16(9-12-26(2,23)24)20-13-14-7-4-5-8-15(14)18(20)22/h4-5,7-8,16H,3,6,9-13H2,1-2H3,(H,19,21). The maximum absolute atomic E-state index is 12.7. The van der Waals surface area contributed by atoms with Crippen LogP contribution in [0.2, 0.25) is 0 Å². The molecule has 1 aromatic rings. The monoisotopic (exact) mass is 382 g/mol. The number of ether oxygens (including phenoxy) is 1. The van der Waals surface area contributed by atoms with Crippen molar-refractivity contribution >= 4 is 21.7 Å². The summed E-state index contributed by atoms with van der Waals surface area (Å²) in [6.45, 7) is 3.79. The minimum atomic E-state index is -3.24. The van der Waals surface area contributed by atoms with Crippen molar-refractivity contribution in [3.05, 3.63) is 35.4 Å². The number of nitrogens with one attached hydrogen (secondary N) is 1.